The van der Waals surface area contributed by atoms with Gasteiger partial charge in [-0.2, -0.15) is 0 Å². The van der Waals surface area contributed by atoms with Crippen LogP contribution >= 0.6 is 0 Å². The minimum atomic E-state index is -0.738. The van der Waals surface area contributed by atoms with Crippen molar-refractivity contribution in [3.05, 3.63) is 59.2 Å². The van der Waals surface area contributed by atoms with E-state index >= 15 is 0 Å². The van der Waals surface area contributed by atoms with Gasteiger partial charge in [0.25, 0.3) is 0 Å². The normalized spacial score (nSPS) is 15.1. The highest BCUT2D eigenvalue weighted by Crippen LogP contribution is 2.19. The third-order valence-electron chi connectivity index (χ3n) is 5.09. The van der Waals surface area contributed by atoms with Gasteiger partial charge in [0.15, 0.2) is 0 Å². The Bertz CT molecular complexity index is 887. The lowest BCUT2D eigenvalue weighted by Gasteiger charge is -2.33. The first-order chi connectivity index (χ1) is 14.3. The van der Waals surface area contributed by atoms with E-state index in [1.54, 1.807) is 0 Å². The second-order valence-corrected chi connectivity index (χ2v) is 7.57. The average Bonchev–Trinajstić information content (AvgIpc) is 2.65. The lowest BCUT2D eigenvalue weighted by atomic mass is 10.1. The first-order valence-corrected chi connectivity index (χ1v) is 9.87. The van der Waals surface area contributed by atoms with Crippen molar-refractivity contribution >= 4 is 23.2 Å². The van der Waals surface area contributed by atoms with Gasteiger partial charge in [-0.05, 0) is 37.1 Å². The average molecular weight is 416 g/mol. The number of nitrogens with zero attached hydrogens (tertiary/aromatic N) is 2. The fraction of sp³-hybridized carbons (Fsp3) is 0.364. The van der Waals surface area contributed by atoms with Crippen molar-refractivity contribution in [3.63, 3.8) is 0 Å². The van der Waals surface area contributed by atoms with Crippen LogP contribution in [0.1, 0.15) is 11.1 Å². The molecule has 1 aliphatic rings. The van der Waals surface area contributed by atoms with E-state index in [2.05, 4.69) is 10.6 Å². The standard InChI is InChI=1S/C22H26F2N4O2/c1-15-4-3-5-16(2)22(15)26-21(30)14-28-8-6-27(7-9-28)13-20(29)25-19-11-17(23)10-18(24)12-19/h3-5,10-12H,6-9,13-14H2,1-2H3,(H,25,29)(H,26,30). The number of para-hydroxylation sites is 1. The zero-order chi connectivity index (χ0) is 21.7. The largest absolute Gasteiger partial charge is 0.325 e. The van der Waals surface area contributed by atoms with Crippen molar-refractivity contribution in [1.29, 1.82) is 0 Å². The maximum Gasteiger partial charge on any atom is 0.238 e. The molecule has 0 spiro atoms. The molecule has 0 saturated carbocycles. The van der Waals surface area contributed by atoms with Crippen molar-refractivity contribution in [3.8, 4) is 0 Å². The van der Waals surface area contributed by atoms with Gasteiger partial charge in [-0.3, -0.25) is 19.4 Å². The van der Waals surface area contributed by atoms with Crippen LogP contribution in [-0.2, 0) is 9.59 Å². The van der Waals surface area contributed by atoms with E-state index in [9.17, 15) is 18.4 Å². The first-order valence-electron chi connectivity index (χ1n) is 9.87. The van der Waals surface area contributed by atoms with Gasteiger partial charge in [-0.15, -0.1) is 0 Å². The van der Waals surface area contributed by atoms with Crippen LogP contribution in [0.5, 0.6) is 0 Å². The number of halogens is 2. The van der Waals surface area contributed by atoms with E-state index in [-0.39, 0.29) is 30.6 Å². The van der Waals surface area contributed by atoms with Crippen molar-refractivity contribution < 1.29 is 18.4 Å². The smallest absolute Gasteiger partial charge is 0.238 e. The molecule has 2 aromatic rings. The second-order valence-electron chi connectivity index (χ2n) is 7.57. The lowest BCUT2D eigenvalue weighted by molar-refractivity contribution is -0.120. The Morgan fingerprint density at radius 1 is 0.833 bits per heavy atom. The van der Waals surface area contributed by atoms with E-state index < -0.39 is 11.6 Å². The van der Waals surface area contributed by atoms with E-state index in [4.69, 9.17) is 0 Å². The topological polar surface area (TPSA) is 64.7 Å². The number of benzene rings is 2. The van der Waals surface area contributed by atoms with Gasteiger partial charge in [0.1, 0.15) is 11.6 Å². The Morgan fingerprint density at radius 3 is 1.80 bits per heavy atom. The molecule has 3 rings (SSSR count). The van der Waals surface area contributed by atoms with E-state index in [1.165, 1.54) is 0 Å². The Labute approximate surface area is 174 Å². The summed E-state index contributed by atoms with van der Waals surface area (Å²) in [4.78, 5) is 28.6. The number of anilines is 2. The Kier molecular flexibility index (Phi) is 7.12. The van der Waals surface area contributed by atoms with Gasteiger partial charge < -0.3 is 10.6 Å². The molecule has 160 valence electrons. The van der Waals surface area contributed by atoms with E-state index in [0.29, 0.717) is 26.2 Å². The highest BCUT2D eigenvalue weighted by Gasteiger charge is 2.21. The monoisotopic (exact) mass is 416 g/mol. The molecule has 30 heavy (non-hydrogen) atoms. The summed E-state index contributed by atoms with van der Waals surface area (Å²) < 4.78 is 26.5. The maximum atomic E-state index is 13.2. The lowest BCUT2D eigenvalue weighted by Crippen LogP contribution is -2.50. The minimum Gasteiger partial charge on any atom is -0.325 e. The summed E-state index contributed by atoms with van der Waals surface area (Å²) in [7, 11) is 0. The maximum absolute atomic E-state index is 13.2. The van der Waals surface area contributed by atoms with E-state index in [0.717, 1.165) is 35.0 Å². The Balaban J connectivity index is 1.43. The third-order valence-corrected chi connectivity index (χ3v) is 5.09. The molecule has 0 bridgehead atoms. The number of piperazine rings is 1. The van der Waals surface area contributed by atoms with Crippen LogP contribution in [0.25, 0.3) is 0 Å². The molecule has 2 aromatic carbocycles. The van der Waals surface area contributed by atoms with Gasteiger partial charge >= 0.3 is 0 Å². The number of aryl methyl sites for hydroxylation is 2. The van der Waals surface area contributed by atoms with Gasteiger partial charge in [-0.1, -0.05) is 18.2 Å². The van der Waals surface area contributed by atoms with Gasteiger partial charge in [0.2, 0.25) is 11.8 Å². The molecule has 1 aliphatic heterocycles. The van der Waals surface area contributed by atoms with Gasteiger partial charge in [-0.25, -0.2) is 8.78 Å². The summed E-state index contributed by atoms with van der Waals surface area (Å²) in [6.07, 6.45) is 0. The molecule has 0 aromatic heterocycles. The van der Waals surface area contributed by atoms with Crippen LogP contribution in [0.3, 0.4) is 0 Å². The van der Waals surface area contributed by atoms with Crippen LogP contribution < -0.4 is 10.6 Å². The molecule has 1 fully saturated rings. The molecule has 0 radical (unpaired) electrons. The Hall–Kier alpha value is -2.84. The van der Waals surface area contributed by atoms with E-state index in [1.807, 2.05) is 41.8 Å². The van der Waals surface area contributed by atoms with Crippen LogP contribution in [0.15, 0.2) is 36.4 Å². The van der Waals surface area contributed by atoms with Crippen LogP contribution in [0, 0.1) is 25.5 Å². The number of hydrogen-bond acceptors (Lipinski definition) is 4. The quantitative estimate of drug-likeness (QED) is 0.760. The highest BCUT2D eigenvalue weighted by molar-refractivity contribution is 5.94. The molecule has 2 N–H and O–H groups in total. The second kappa shape index (κ2) is 9.77. The number of nitrogens with one attached hydrogen (secondary N) is 2. The minimum absolute atomic E-state index is 0.0632. The molecule has 0 aliphatic carbocycles. The molecular weight excluding hydrogens is 390 g/mol. The molecule has 0 atom stereocenters. The third kappa shape index (κ3) is 6.08. The van der Waals surface area contributed by atoms with Crippen molar-refractivity contribution in [2.45, 2.75) is 13.8 Å². The summed E-state index contributed by atoms with van der Waals surface area (Å²) in [5.74, 6) is -1.87. The first kappa shape index (κ1) is 21.9. The molecule has 1 heterocycles. The predicted octanol–water partition coefficient (Wildman–Crippen LogP) is 2.78. The predicted molar refractivity (Wildman–Crippen MR) is 112 cm³/mol. The summed E-state index contributed by atoms with van der Waals surface area (Å²) >= 11 is 0. The van der Waals surface area contributed by atoms with Crippen LogP contribution in [0.4, 0.5) is 20.2 Å². The summed E-state index contributed by atoms with van der Waals surface area (Å²) in [6.45, 7) is 6.90. The van der Waals surface area contributed by atoms with Crippen molar-refractivity contribution in [1.82, 2.24) is 9.80 Å². The number of carbonyl (C=O) groups is 2. The number of rotatable bonds is 6. The SMILES string of the molecule is Cc1cccc(C)c1NC(=O)CN1CCN(CC(=O)Nc2cc(F)cc(F)c2)CC1. The zero-order valence-electron chi connectivity index (χ0n) is 17.2. The summed E-state index contributed by atoms with van der Waals surface area (Å²) in [5, 5.41) is 5.50. The van der Waals surface area contributed by atoms with Crippen molar-refractivity contribution in [2.75, 3.05) is 49.9 Å². The molecule has 8 heteroatoms. The molecule has 2 amide bonds. The number of carbonyl (C=O) groups excluding carboxylic acids is 2. The fourth-order valence-electron chi connectivity index (χ4n) is 3.53. The molecule has 1 saturated heterocycles. The summed E-state index contributed by atoms with van der Waals surface area (Å²) in [5.41, 5.74) is 3.00. The molecule has 6 nitrogen and oxygen atoms in total. The Morgan fingerprint density at radius 2 is 1.30 bits per heavy atom. The fourth-order valence-corrected chi connectivity index (χ4v) is 3.53. The van der Waals surface area contributed by atoms with Gasteiger partial charge in [0.05, 0.1) is 13.1 Å². The van der Waals surface area contributed by atoms with Gasteiger partial charge in [0, 0.05) is 43.6 Å². The zero-order valence-corrected chi connectivity index (χ0v) is 17.2. The number of hydrogen-bond donors (Lipinski definition) is 2. The summed E-state index contributed by atoms with van der Waals surface area (Å²) in [6, 6.07) is 8.79. The van der Waals surface area contributed by atoms with Crippen LogP contribution in [0.2, 0.25) is 0 Å². The molecule has 0 unspecified atom stereocenters. The number of amides is 2. The van der Waals surface area contributed by atoms with Crippen LogP contribution in [-0.4, -0.2) is 60.9 Å². The van der Waals surface area contributed by atoms with Crippen molar-refractivity contribution in [2.24, 2.45) is 0 Å². The molecular formula is C22H26F2N4O2. The highest BCUT2D eigenvalue weighted by atomic mass is 19.1.